The second kappa shape index (κ2) is 5.72. The maximum absolute atomic E-state index is 12.5. The molecule has 28 heavy (non-hydrogen) atoms. The lowest BCUT2D eigenvalue weighted by atomic mass is 9.37. The standard InChI is InChI=1S/C22H32O6/c1-11(23)26-15-10-14-20(2,3)8-5-9-21(14,4)13-7-6-12-16-18(27-17(12)24)28-19(25)22(13,15)16/h12-16,18-19,25H,5-10H2,1-4H3/t12-,13-,14+,15-,16+,18+,19-,21-,22-/m1/s1. The maximum Gasteiger partial charge on any atom is 0.311 e. The van der Waals surface area contributed by atoms with Gasteiger partial charge >= 0.3 is 11.9 Å². The lowest BCUT2D eigenvalue weighted by Gasteiger charge is -2.67. The number of hydrogen-bond donors (Lipinski definition) is 1. The molecule has 1 spiro atoms. The van der Waals surface area contributed by atoms with Gasteiger partial charge in [-0.25, -0.2) is 0 Å². The minimum absolute atomic E-state index is 0.0221. The van der Waals surface area contributed by atoms with Crippen molar-refractivity contribution < 1.29 is 28.9 Å². The van der Waals surface area contributed by atoms with Gasteiger partial charge in [0.15, 0.2) is 6.29 Å². The van der Waals surface area contributed by atoms with Crippen molar-refractivity contribution in [3.8, 4) is 0 Å². The van der Waals surface area contributed by atoms with Crippen LogP contribution in [0.25, 0.3) is 0 Å². The number of hydrogen-bond acceptors (Lipinski definition) is 6. The molecule has 1 N–H and O–H groups in total. The first-order valence-corrected chi connectivity index (χ1v) is 10.8. The third kappa shape index (κ3) is 2.11. The van der Waals surface area contributed by atoms with Gasteiger partial charge in [0.2, 0.25) is 6.29 Å². The molecule has 0 bridgehead atoms. The molecule has 5 fully saturated rings. The highest BCUT2D eigenvalue weighted by Gasteiger charge is 2.78. The Morgan fingerprint density at radius 3 is 2.64 bits per heavy atom. The summed E-state index contributed by atoms with van der Waals surface area (Å²) in [5, 5.41) is 11.2. The predicted octanol–water partition coefficient (Wildman–Crippen LogP) is 3.01. The number of carbonyl (C=O) groups is 2. The van der Waals surface area contributed by atoms with Gasteiger partial charge in [-0.3, -0.25) is 9.59 Å². The van der Waals surface area contributed by atoms with Crippen molar-refractivity contribution in [1.82, 2.24) is 0 Å². The summed E-state index contributed by atoms with van der Waals surface area (Å²) in [5.74, 6) is -0.530. The van der Waals surface area contributed by atoms with Crippen molar-refractivity contribution >= 4 is 11.9 Å². The largest absolute Gasteiger partial charge is 0.462 e. The lowest BCUT2D eigenvalue weighted by Crippen LogP contribution is -2.68. The zero-order chi connectivity index (χ0) is 20.1. The molecule has 0 aromatic carbocycles. The highest BCUT2D eigenvalue weighted by Crippen LogP contribution is 2.73. The topological polar surface area (TPSA) is 82.1 Å². The first-order valence-electron chi connectivity index (χ1n) is 10.8. The molecule has 9 atom stereocenters. The number of ether oxygens (including phenoxy) is 3. The molecule has 6 nitrogen and oxygen atoms in total. The van der Waals surface area contributed by atoms with E-state index in [-0.39, 0.29) is 40.5 Å². The number of aliphatic hydroxyl groups is 1. The Kier molecular flexibility index (Phi) is 3.85. The minimum atomic E-state index is -1.07. The predicted molar refractivity (Wildman–Crippen MR) is 98.5 cm³/mol. The van der Waals surface area contributed by atoms with E-state index in [9.17, 15) is 14.7 Å². The van der Waals surface area contributed by atoms with E-state index in [2.05, 4.69) is 20.8 Å². The normalized spacial score (nSPS) is 53.6. The van der Waals surface area contributed by atoms with Crippen LogP contribution in [0, 0.1) is 39.9 Å². The van der Waals surface area contributed by atoms with Crippen LogP contribution in [-0.4, -0.2) is 35.7 Å². The van der Waals surface area contributed by atoms with Crippen molar-refractivity contribution in [2.24, 2.45) is 39.9 Å². The second-order valence-electron chi connectivity index (χ2n) is 10.8. The molecule has 5 aliphatic rings. The van der Waals surface area contributed by atoms with Gasteiger partial charge in [-0.15, -0.1) is 0 Å². The lowest BCUT2D eigenvalue weighted by molar-refractivity contribution is -0.278. The van der Waals surface area contributed by atoms with Crippen molar-refractivity contribution in [1.29, 1.82) is 0 Å². The van der Waals surface area contributed by atoms with Gasteiger partial charge in [0.25, 0.3) is 0 Å². The summed E-state index contributed by atoms with van der Waals surface area (Å²) in [6.45, 7) is 8.46. The molecule has 0 aromatic rings. The Labute approximate surface area is 166 Å². The Hall–Kier alpha value is -1.14. The van der Waals surface area contributed by atoms with Crippen LogP contribution < -0.4 is 0 Å². The third-order valence-electron chi connectivity index (χ3n) is 9.29. The first kappa shape index (κ1) is 18.9. The molecule has 2 saturated heterocycles. The molecule has 6 heteroatoms. The zero-order valence-corrected chi connectivity index (χ0v) is 17.3. The van der Waals surface area contributed by atoms with E-state index in [1.807, 2.05) is 0 Å². The van der Waals surface area contributed by atoms with Gasteiger partial charge in [0.05, 0.1) is 11.3 Å². The smallest absolute Gasteiger partial charge is 0.311 e. The maximum atomic E-state index is 12.5. The molecular weight excluding hydrogens is 360 g/mol. The van der Waals surface area contributed by atoms with Crippen molar-refractivity contribution in [3.05, 3.63) is 0 Å². The average molecular weight is 392 g/mol. The zero-order valence-electron chi connectivity index (χ0n) is 17.3. The van der Waals surface area contributed by atoms with Crippen LogP contribution in [0.2, 0.25) is 0 Å². The monoisotopic (exact) mass is 392 g/mol. The van der Waals surface area contributed by atoms with E-state index in [1.54, 1.807) is 0 Å². The summed E-state index contributed by atoms with van der Waals surface area (Å²) < 4.78 is 17.3. The quantitative estimate of drug-likeness (QED) is 0.691. The van der Waals surface area contributed by atoms with E-state index in [1.165, 1.54) is 6.92 Å². The van der Waals surface area contributed by atoms with Gasteiger partial charge in [-0.2, -0.15) is 0 Å². The van der Waals surface area contributed by atoms with Crippen LogP contribution in [0.1, 0.15) is 66.2 Å². The number of esters is 2. The highest BCUT2D eigenvalue weighted by molar-refractivity contribution is 5.76. The number of fused-ring (bicyclic) bond motifs is 2. The van der Waals surface area contributed by atoms with E-state index >= 15 is 0 Å². The molecule has 2 aliphatic heterocycles. The summed E-state index contributed by atoms with van der Waals surface area (Å²) >= 11 is 0. The van der Waals surface area contributed by atoms with Crippen LogP contribution in [0.3, 0.4) is 0 Å². The SMILES string of the molecule is CC(=O)O[C@@H]1C[C@H]2C(C)(C)CCC[C@]2(C)[C@H]2CC[C@H]3C(=O)O[C@H]4O[C@@H](O)[C@]21[C@H]43. The fraction of sp³-hybridized carbons (Fsp3) is 0.909. The third-order valence-corrected chi connectivity index (χ3v) is 9.29. The summed E-state index contributed by atoms with van der Waals surface area (Å²) in [5.41, 5.74) is -0.589. The first-order chi connectivity index (χ1) is 13.1. The Bertz CT molecular complexity index is 718. The van der Waals surface area contributed by atoms with Crippen LogP contribution in [0.4, 0.5) is 0 Å². The summed E-state index contributed by atoms with van der Waals surface area (Å²) in [6.07, 6.45) is 3.49. The highest BCUT2D eigenvalue weighted by atomic mass is 16.8. The van der Waals surface area contributed by atoms with Crippen molar-refractivity contribution in [3.63, 3.8) is 0 Å². The molecule has 0 unspecified atom stereocenters. The molecule has 5 rings (SSSR count). The van der Waals surface area contributed by atoms with Gasteiger partial charge in [-0.05, 0) is 54.8 Å². The van der Waals surface area contributed by atoms with Gasteiger partial charge in [0, 0.05) is 12.8 Å². The summed E-state index contributed by atoms with van der Waals surface area (Å²) in [4.78, 5) is 24.6. The minimum Gasteiger partial charge on any atom is -0.462 e. The van der Waals surface area contributed by atoms with Gasteiger partial charge in [0.1, 0.15) is 6.10 Å². The Morgan fingerprint density at radius 2 is 1.93 bits per heavy atom. The fourth-order valence-corrected chi connectivity index (χ4v) is 8.45. The van der Waals surface area contributed by atoms with Gasteiger partial charge in [-0.1, -0.05) is 27.2 Å². The van der Waals surface area contributed by atoms with Crippen LogP contribution in [0.15, 0.2) is 0 Å². The molecule has 0 radical (unpaired) electrons. The van der Waals surface area contributed by atoms with Crippen LogP contribution in [0.5, 0.6) is 0 Å². The molecule has 3 saturated carbocycles. The van der Waals surface area contributed by atoms with E-state index < -0.39 is 24.1 Å². The second-order valence-corrected chi connectivity index (χ2v) is 10.8. The number of carbonyl (C=O) groups excluding carboxylic acids is 2. The molecule has 0 amide bonds. The average Bonchev–Trinajstić information content (AvgIpc) is 3.06. The molecule has 156 valence electrons. The van der Waals surface area contributed by atoms with Crippen LogP contribution >= 0.6 is 0 Å². The summed E-state index contributed by atoms with van der Waals surface area (Å²) in [6, 6.07) is 0. The Balaban J connectivity index is 1.68. The van der Waals surface area contributed by atoms with Crippen molar-refractivity contribution in [2.45, 2.75) is 84.9 Å². The fourth-order valence-electron chi connectivity index (χ4n) is 8.45. The molecule has 3 aliphatic carbocycles. The van der Waals surface area contributed by atoms with Gasteiger partial charge < -0.3 is 19.3 Å². The van der Waals surface area contributed by atoms with E-state index in [0.717, 1.165) is 32.1 Å². The van der Waals surface area contributed by atoms with E-state index in [4.69, 9.17) is 14.2 Å². The van der Waals surface area contributed by atoms with Crippen molar-refractivity contribution in [2.75, 3.05) is 0 Å². The Morgan fingerprint density at radius 1 is 1.18 bits per heavy atom. The summed E-state index contributed by atoms with van der Waals surface area (Å²) in [7, 11) is 0. The number of rotatable bonds is 1. The molecule has 0 aromatic heterocycles. The molecule has 2 heterocycles. The van der Waals surface area contributed by atoms with E-state index in [0.29, 0.717) is 12.3 Å². The molecular formula is C22H32O6. The van der Waals surface area contributed by atoms with Crippen LogP contribution in [-0.2, 0) is 23.8 Å². The number of aliphatic hydroxyl groups excluding tert-OH is 1.